The number of carbonyl (C=O) groups is 1. The normalized spacial score (nSPS) is 11.4. The Morgan fingerprint density at radius 3 is 2.11 bits per heavy atom. The summed E-state index contributed by atoms with van der Waals surface area (Å²) in [5, 5.41) is 12.5. The van der Waals surface area contributed by atoms with Gasteiger partial charge < -0.3 is 10.1 Å². The lowest BCUT2D eigenvalue weighted by molar-refractivity contribution is -0.112. The van der Waals surface area contributed by atoms with E-state index in [-0.39, 0.29) is 17.4 Å². The summed E-state index contributed by atoms with van der Waals surface area (Å²) in [4.78, 5) is 12.8. The molecule has 0 aromatic heterocycles. The smallest absolute Gasteiger partial charge is 0.266 e. The zero-order valence-electron chi connectivity index (χ0n) is 17.2. The molecule has 0 heterocycles. The van der Waals surface area contributed by atoms with Crippen LogP contribution in [0.1, 0.15) is 63.1 Å². The second-order valence-corrected chi connectivity index (χ2v) is 7.25. The van der Waals surface area contributed by atoms with Gasteiger partial charge >= 0.3 is 0 Å². The molecule has 0 unspecified atom stereocenters. The summed E-state index contributed by atoms with van der Waals surface area (Å²) >= 11 is 0. The molecule has 2 aromatic rings. The number of nitrogens with one attached hydrogen (secondary N) is 1. The molecule has 0 spiro atoms. The lowest BCUT2D eigenvalue weighted by Gasteiger charge is -2.20. The molecule has 0 saturated heterocycles. The number of amides is 1. The monoisotopic (exact) mass is 376 g/mol. The van der Waals surface area contributed by atoms with Gasteiger partial charge in [-0.2, -0.15) is 5.26 Å². The van der Waals surface area contributed by atoms with E-state index in [2.05, 4.69) is 33.0 Å². The minimum Gasteiger partial charge on any atom is -0.494 e. The molecular weight excluding hydrogens is 348 g/mol. The highest BCUT2D eigenvalue weighted by Gasteiger charge is 2.18. The van der Waals surface area contributed by atoms with Gasteiger partial charge in [0.15, 0.2) is 0 Å². The number of nitrogens with zero attached hydrogens (tertiary/aromatic N) is 1. The molecule has 0 aliphatic heterocycles. The lowest BCUT2D eigenvalue weighted by Crippen LogP contribution is -2.17. The summed E-state index contributed by atoms with van der Waals surface area (Å²) in [6.07, 6.45) is 1.60. The third-order valence-electron chi connectivity index (χ3n) is 4.48. The van der Waals surface area contributed by atoms with Gasteiger partial charge in [0.1, 0.15) is 17.4 Å². The van der Waals surface area contributed by atoms with Crippen LogP contribution in [-0.2, 0) is 4.79 Å². The van der Waals surface area contributed by atoms with E-state index in [1.807, 2.05) is 55.5 Å². The standard InChI is InChI=1S/C24H28N2O2/c1-6-28-20-12-10-18(11-13-20)14-19(15-25)24(27)26-23-21(16(2)3)8-7-9-22(23)17(4)5/h7-14,16-17H,6H2,1-5H3,(H,26,27)/b19-14+. The second-order valence-electron chi connectivity index (χ2n) is 7.25. The van der Waals surface area contributed by atoms with Crippen LogP contribution in [-0.4, -0.2) is 12.5 Å². The number of rotatable bonds is 7. The number of hydrogen-bond acceptors (Lipinski definition) is 3. The SMILES string of the molecule is CCOc1ccc(/C=C(\C#N)C(=O)Nc2c(C(C)C)cccc2C(C)C)cc1. The first-order valence-corrected chi connectivity index (χ1v) is 9.66. The lowest BCUT2D eigenvalue weighted by atomic mass is 9.92. The van der Waals surface area contributed by atoms with Crippen molar-refractivity contribution in [1.82, 2.24) is 0 Å². The number of nitriles is 1. The highest BCUT2D eigenvalue weighted by atomic mass is 16.5. The molecule has 4 heteroatoms. The molecule has 0 aliphatic carbocycles. The van der Waals surface area contributed by atoms with Crippen molar-refractivity contribution in [3.8, 4) is 11.8 Å². The van der Waals surface area contributed by atoms with Crippen molar-refractivity contribution in [2.24, 2.45) is 0 Å². The van der Waals surface area contributed by atoms with Crippen LogP contribution in [0.25, 0.3) is 6.08 Å². The largest absolute Gasteiger partial charge is 0.494 e. The second kappa shape index (κ2) is 9.75. The van der Waals surface area contributed by atoms with Gasteiger partial charge in [-0.3, -0.25) is 4.79 Å². The summed E-state index contributed by atoms with van der Waals surface area (Å²) in [6, 6.07) is 15.4. The fraction of sp³-hybridized carbons (Fsp3) is 0.333. The number of carbonyl (C=O) groups excluding carboxylic acids is 1. The summed E-state index contributed by atoms with van der Waals surface area (Å²) in [6.45, 7) is 10.9. The van der Waals surface area contributed by atoms with Crippen molar-refractivity contribution >= 4 is 17.7 Å². The van der Waals surface area contributed by atoms with Crippen molar-refractivity contribution in [3.63, 3.8) is 0 Å². The van der Waals surface area contributed by atoms with Crippen LogP contribution in [0.2, 0.25) is 0 Å². The maximum atomic E-state index is 12.8. The van der Waals surface area contributed by atoms with Gasteiger partial charge in [0, 0.05) is 5.69 Å². The molecule has 0 saturated carbocycles. The molecule has 146 valence electrons. The highest BCUT2D eigenvalue weighted by molar-refractivity contribution is 6.10. The van der Waals surface area contributed by atoms with Gasteiger partial charge in [0.2, 0.25) is 0 Å². The average Bonchev–Trinajstić information content (AvgIpc) is 2.67. The molecule has 2 rings (SSSR count). The van der Waals surface area contributed by atoms with E-state index in [0.29, 0.717) is 6.61 Å². The van der Waals surface area contributed by atoms with Gasteiger partial charge in [-0.15, -0.1) is 0 Å². The Morgan fingerprint density at radius 2 is 1.64 bits per heavy atom. The molecule has 0 fully saturated rings. The fourth-order valence-electron chi connectivity index (χ4n) is 3.02. The van der Waals surface area contributed by atoms with Crippen LogP contribution in [0.3, 0.4) is 0 Å². The minimum absolute atomic E-state index is 0.0671. The van der Waals surface area contributed by atoms with Crippen LogP contribution in [0.15, 0.2) is 48.0 Å². The Labute approximate surface area is 167 Å². The van der Waals surface area contributed by atoms with Gasteiger partial charge in [-0.1, -0.05) is 58.0 Å². The van der Waals surface area contributed by atoms with Gasteiger partial charge in [0.25, 0.3) is 5.91 Å². The Balaban J connectivity index is 2.33. The quantitative estimate of drug-likeness (QED) is 0.485. The van der Waals surface area contributed by atoms with Crippen molar-refractivity contribution in [2.75, 3.05) is 11.9 Å². The first kappa shape index (κ1) is 21.2. The number of para-hydroxylation sites is 1. The summed E-state index contributed by atoms with van der Waals surface area (Å²) < 4.78 is 5.42. The van der Waals surface area contributed by atoms with E-state index in [1.54, 1.807) is 6.08 Å². The van der Waals surface area contributed by atoms with E-state index in [1.165, 1.54) is 0 Å². The topological polar surface area (TPSA) is 62.1 Å². The number of hydrogen-bond donors (Lipinski definition) is 1. The predicted molar refractivity (Wildman–Crippen MR) is 114 cm³/mol. The summed E-state index contributed by atoms with van der Waals surface area (Å²) in [7, 11) is 0. The van der Waals surface area contributed by atoms with Crippen LogP contribution in [0.5, 0.6) is 5.75 Å². The third kappa shape index (κ3) is 5.23. The van der Waals surface area contributed by atoms with Crippen molar-refractivity contribution in [3.05, 3.63) is 64.7 Å². The Kier molecular flexibility index (Phi) is 7.40. The maximum absolute atomic E-state index is 12.8. The molecule has 0 aliphatic rings. The molecule has 1 amide bonds. The molecule has 1 N–H and O–H groups in total. The summed E-state index contributed by atoms with van der Waals surface area (Å²) in [5.74, 6) is 0.880. The highest BCUT2D eigenvalue weighted by Crippen LogP contribution is 2.32. The van der Waals surface area contributed by atoms with E-state index in [0.717, 1.165) is 28.1 Å². The van der Waals surface area contributed by atoms with Gasteiger partial charge in [-0.05, 0) is 53.7 Å². The van der Waals surface area contributed by atoms with E-state index in [9.17, 15) is 10.1 Å². The number of benzene rings is 2. The molecule has 4 nitrogen and oxygen atoms in total. The van der Waals surface area contributed by atoms with Crippen LogP contribution in [0, 0.1) is 11.3 Å². The minimum atomic E-state index is -0.397. The van der Waals surface area contributed by atoms with Crippen molar-refractivity contribution in [2.45, 2.75) is 46.5 Å². The molecular formula is C24H28N2O2. The average molecular weight is 377 g/mol. The van der Waals surface area contributed by atoms with Gasteiger partial charge in [-0.25, -0.2) is 0 Å². The van der Waals surface area contributed by atoms with E-state index >= 15 is 0 Å². The Hall–Kier alpha value is -3.06. The molecule has 0 atom stereocenters. The molecule has 2 aromatic carbocycles. The maximum Gasteiger partial charge on any atom is 0.266 e. The van der Waals surface area contributed by atoms with Crippen LogP contribution in [0.4, 0.5) is 5.69 Å². The van der Waals surface area contributed by atoms with Gasteiger partial charge in [0.05, 0.1) is 6.61 Å². The third-order valence-corrected chi connectivity index (χ3v) is 4.48. The van der Waals surface area contributed by atoms with Crippen LogP contribution < -0.4 is 10.1 Å². The molecule has 28 heavy (non-hydrogen) atoms. The van der Waals surface area contributed by atoms with E-state index in [4.69, 9.17) is 4.74 Å². The molecule has 0 bridgehead atoms. The number of anilines is 1. The van der Waals surface area contributed by atoms with Crippen LogP contribution >= 0.6 is 0 Å². The zero-order chi connectivity index (χ0) is 20.7. The van der Waals surface area contributed by atoms with E-state index < -0.39 is 5.91 Å². The van der Waals surface area contributed by atoms with Crippen molar-refractivity contribution < 1.29 is 9.53 Å². The number of ether oxygens (including phenoxy) is 1. The van der Waals surface area contributed by atoms with Crippen molar-refractivity contribution in [1.29, 1.82) is 5.26 Å². The Bertz CT molecular complexity index is 862. The first-order chi connectivity index (χ1) is 13.4. The molecule has 0 radical (unpaired) electrons. The Morgan fingerprint density at radius 1 is 1.07 bits per heavy atom. The fourth-order valence-corrected chi connectivity index (χ4v) is 3.02. The first-order valence-electron chi connectivity index (χ1n) is 9.66. The zero-order valence-corrected chi connectivity index (χ0v) is 17.2. The predicted octanol–water partition coefficient (Wildman–Crippen LogP) is 5.88. The summed E-state index contributed by atoms with van der Waals surface area (Å²) in [5.41, 5.74) is 3.79.